The fourth-order valence-electron chi connectivity index (χ4n) is 8.92. The van der Waals surface area contributed by atoms with E-state index in [0.717, 1.165) is 33.8 Å². The van der Waals surface area contributed by atoms with Gasteiger partial charge in [0, 0.05) is 49.8 Å². The van der Waals surface area contributed by atoms with Gasteiger partial charge in [-0.25, -0.2) is 9.97 Å². The van der Waals surface area contributed by atoms with Crippen LogP contribution in [-0.4, -0.2) is 27.2 Å². The van der Waals surface area contributed by atoms with Crippen LogP contribution in [0.25, 0.3) is 70.2 Å². The summed E-state index contributed by atoms with van der Waals surface area (Å²) < 4.78 is 7.22. The predicted molar refractivity (Wildman–Crippen MR) is 235 cm³/mol. The number of nitrogens with zero attached hydrogens (tertiary/aromatic N) is 4. The average Bonchev–Trinajstić information content (AvgIpc) is 3.91. The summed E-state index contributed by atoms with van der Waals surface area (Å²) in [6.45, 7) is 0. The van der Waals surface area contributed by atoms with E-state index in [2.05, 4.69) is 192 Å². The molecule has 7 aromatic carbocycles. The molecule has 0 fully saturated rings. The van der Waals surface area contributed by atoms with Crippen LogP contribution in [0, 0.1) is 0 Å². The number of benzene rings is 7. The van der Waals surface area contributed by atoms with E-state index in [0.29, 0.717) is 0 Å². The van der Waals surface area contributed by atoms with Crippen LogP contribution >= 0.6 is 11.3 Å². The van der Waals surface area contributed by atoms with Crippen molar-refractivity contribution in [3.05, 3.63) is 188 Å². The fourth-order valence-corrected chi connectivity index (χ4v) is 15.0. The maximum atomic E-state index is 5.14. The number of hydrogen-bond donors (Lipinski definition) is 0. The van der Waals surface area contributed by atoms with Crippen molar-refractivity contribution in [1.82, 2.24) is 19.1 Å². The molecule has 0 aliphatic carbocycles. The molecule has 0 unspecified atom stereocenters. The highest BCUT2D eigenvalue weighted by atomic mass is 32.1. The third kappa shape index (κ3) is 4.75. The van der Waals surface area contributed by atoms with Crippen LogP contribution < -0.4 is 20.7 Å². The van der Waals surface area contributed by atoms with Crippen LogP contribution in [-0.2, 0) is 7.05 Å². The first-order valence-electron chi connectivity index (χ1n) is 18.6. The van der Waals surface area contributed by atoms with E-state index in [4.69, 9.17) is 9.97 Å². The number of rotatable bonds is 6. The number of pyridine rings is 1. The summed E-state index contributed by atoms with van der Waals surface area (Å²) in [4.78, 5) is 10.1. The third-order valence-electron chi connectivity index (χ3n) is 11.3. The molecule has 11 aromatic rings. The van der Waals surface area contributed by atoms with E-state index >= 15 is 0 Å². The Hall–Kier alpha value is -6.60. The van der Waals surface area contributed by atoms with Gasteiger partial charge in [0.2, 0.25) is 0 Å². The van der Waals surface area contributed by atoms with Crippen molar-refractivity contribution in [2.45, 2.75) is 0 Å². The average molecular weight is 739 g/mol. The van der Waals surface area contributed by atoms with Gasteiger partial charge in [-0.1, -0.05) is 140 Å². The zero-order valence-corrected chi connectivity index (χ0v) is 31.9. The molecular formula is C49H34N4SSi. The Morgan fingerprint density at radius 1 is 0.509 bits per heavy atom. The summed E-state index contributed by atoms with van der Waals surface area (Å²) in [5.41, 5.74) is 5.56. The molecule has 0 saturated carbocycles. The smallest absolute Gasteiger partial charge is 0.179 e. The molecule has 4 heterocycles. The minimum absolute atomic E-state index is 0.913. The van der Waals surface area contributed by atoms with Crippen LogP contribution in [0.1, 0.15) is 0 Å². The lowest BCUT2D eigenvalue weighted by atomic mass is 10.1. The molecule has 0 amide bonds. The van der Waals surface area contributed by atoms with Crippen LogP contribution in [0.5, 0.6) is 0 Å². The first-order valence-corrected chi connectivity index (χ1v) is 21.5. The molecule has 260 valence electrons. The van der Waals surface area contributed by atoms with E-state index < -0.39 is 8.07 Å². The van der Waals surface area contributed by atoms with Gasteiger partial charge in [-0.15, -0.1) is 11.3 Å². The van der Waals surface area contributed by atoms with Crippen LogP contribution in [0.4, 0.5) is 0 Å². The van der Waals surface area contributed by atoms with Crippen molar-refractivity contribution < 1.29 is 0 Å². The van der Waals surface area contributed by atoms with E-state index in [1.807, 2.05) is 23.6 Å². The second kappa shape index (κ2) is 12.5. The van der Waals surface area contributed by atoms with Gasteiger partial charge in [-0.05, 0) is 63.2 Å². The van der Waals surface area contributed by atoms with E-state index in [9.17, 15) is 0 Å². The Morgan fingerprint density at radius 3 is 1.98 bits per heavy atom. The lowest BCUT2D eigenvalue weighted by Crippen LogP contribution is -2.74. The maximum absolute atomic E-state index is 5.14. The monoisotopic (exact) mass is 738 g/mol. The number of para-hydroxylation sites is 2. The van der Waals surface area contributed by atoms with Gasteiger partial charge in [0.05, 0.1) is 22.1 Å². The van der Waals surface area contributed by atoms with E-state index in [1.54, 1.807) is 0 Å². The summed E-state index contributed by atoms with van der Waals surface area (Å²) in [7, 11) is -0.840. The molecular weight excluding hydrogens is 705 g/mol. The quantitative estimate of drug-likeness (QED) is 0.126. The molecule has 11 rings (SSSR count). The van der Waals surface area contributed by atoms with E-state index in [-0.39, 0.29) is 0 Å². The third-order valence-corrected chi connectivity index (χ3v) is 17.3. The highest BCUT2D eigenvalue weighted by molar-refractivity contribution is 7.26. The highest BCUT2D eigenvalue weighted by Crippen LogP contribution is 2.43. The molecule has 0 spiro atoms. The first kappa shape index (κ1) is 31.9. The lowest BCUT2D eigenvalue weighted by molar-refractivity contribution is 0.959. The van der Waals surface area contributed by atoms with Crippen molar-refractivity contribution in [1.29, 1.82) is 0 Å². The van der Waals surface area contributed by atoms with Crippen molar-refractivity contribution in [3.63, 3.8) is 0 Å². The van der Waals surface area contributed by atoms with Crippen LogP contribution in [0.3, 0.4) is 0 Å². The minimum atomic E-state index is -2.96. The molecule has 0 N–H and O–H groups in total. The molecule has 0 aliphatic rings. The van der Waals surface area contributed by atoms with Gasteiger partial charge in [0.25, 0.3) is 0 Å². The number of imidazole rings is 1. The molecule has 0 radical (unpaired) electrons. The zero-order valence-electron chi connectivity index (χ0n) is 30.1. The highest BCUT2D eigenvalue weighted by Gasteiger charge is 2.42. The van der Waals surface area contributed by atoms with E-state index in [1.165, 1.54) is 57.2 Å². The van der Waals surface area contributed by atoms with Gasteiger partial charge in [0.15, 0.2) is 8.07 Å². The lowest BCUT2D eigenvalue weighted by Gasteiger charge is -2.34. The summed E-state index contributed by atoms with van der Waals surface area (Å²) >= 11 is 1.88. The standard InChI is InChI=1S/C49H34N4SSi/c1-52-42-23-10-9-22-41(42)51-49(52)33-15-14-20-36(31-33)55(34-16-4-2-5-17-34,35-18-6-3-7-19-35)37-26-27-40-44(32-37)53(46-25-12-13-30-50-46)43-29-28-39-38-21-8-11-24-45(38)54-48(39)47(40)43/h2-32H,1H3. The molecule has 6 heteroatoms. The van der Waals surface area contributed by atoms with Gasteiger partial charge < -0.3 is 4.57 Å². The number of aromatic nitrogens is 4. The Bertz CT molecular complexity index is 3180. The van der Waals surface area contributed by atoms with Gasteiger partial charge in [0.1, 0.15) is 11.6 Å². The SMILES string of the molecule is Cn1c(-c2cccc([Si](c3ccccc3)(c3ccccc3)c3ccc4c5c6sc7ccccc7c6ccc5n(-c5ccccn5)c4c3)c2)nc2ccccc21. The van der Waals surface area contributed by atoms with Gasteiger partial charge in [-0.2, -0.15) is 0 Å². The summed E-state index contributed by atoms with van der Waals surface area (Å²) in [6, 6.07) is 66.8. The molecule has 0 saturated heterocycles. The molecule has 0 bridgehead atoms. The fraction of sp³-hybridized carbons (Fsp3) is 0.0204. The van der Waals surface area contributed by atoms with Crippen molar-refractivity contribution >= 4 is 93.2 Å². The Labute approximate surface area is 323 Å². The number of aryl methyl sites for hydroxylation is 1. The van der Waals surface area contributed by atoms with Gasteiger partial charge >= 0.3 is 0 Å². The predicted octanol–water partition coefficient (Wildman–Crippen LogP) is 9.48. The summed E-state index contributed by atoms with van der Waals surface area (Å²) in [5.74, 6) is 1.88. The summed E-state index contributed by atoms with van der Waals surface area (Å²) in [5, 5.41) is 10.4. The molecule has 4 nitrogen and oxygen atoms in total. The molecule has 0 atom stereocenters. The number of hydrogen-bond acceptors (Lipinski definition) is 3. The second-order valence-electron chi connectivity index (χ2n) is 14.2. The van der Waals surface area contributed by atoms with Crippen LogP contribution in [0.15, 0.2) is 188 Å². The van der Waals surface area contributed by atoms with Crippen LogP contribution in [0.2, 0.25) is 0 Å². The summed E-state index contributed by atoms with van der Waals surface area (Å²) in [6.07, 6.45) is 1.90. The number of thiophene rings is 1. The molecule has 55 heavy (non-hydrogen) atoms. The zero-order chi connectivity index (χ0) is 36.5. The van der Waals surface area contributed by atoms with Crippen molar-refractivity contribution in [3.8, 4) is 17.2 Å². The normalized spacial score (nSPS) is 12.1. The maximum Gasteiger partial charge on any atom is 0.179 e. The van der Waals surface area contributed by atoms with Crippen molar-refractivity contribution in [2.24, 2.45) is 7.05 Å². The Morgan fingerprint density at radius 2 is 1.20 bits per heavy atom. The number of fused-ring (bicyclic) bond motifs is 8. The first-order chi connectivity index (χ1) is 27.2. The largest absolute Gasteiger partial charge is 0.327 e. The topological polar surface area (TPSA) is 35.6 Å². The van der Waals surface area contributed by atoms with Crippen molar-refractivity contribution in [2.75, 3.05) is 0 Å². The Kier molecular flexibility index (Phi) is 7.24. The minimum Gasteiger partial charge on any atom is -0.327 e. The Balaban J connectivity index is 1.25. The van der Waals surface area contributed by atoms with Gasteiger partial charge in [-0.3, -0.25) is 4.57 Å². The molecule has 4 aromatic heterocycles. The second-order valence-corrected chi connectivity index (χ2v) is 19.1. The molecule has 0 aliphatic heterocycles.